The third-order valence-corrected chi connectivity index (χ3v) is 19.2. The average Bonchev–Trinajstić information content (AvgIpc) is 3.48. The summed E-state index contributed by atoms with van der Waals surface area (Å²) in [5.41, 5.74) is 0. The first kappa shape index (κ1) is 84.2. The number of phosphoric acid groups is 1. The van der Waals surface area contributed by atoms with Crippen molar-refractivity contribution in [1.29, 1.82) is 0 Å². The smallest absolute Gasteiger partial charge is 0.268 e. The number of amides is 1. The van der Waals surface area contributed by atoms with Crippen molar-refractivity contribution in [3.05, 3.63) is 12.2 Å². The highest BCUT2D eigenvalue weighted by Crippen LogP contribution is 2.38. The van der Waals surface area contributed by atoms with Gasteiger partial charge in [-0.2, -0.15) is 0 Å². The third kappa shape index (κ3) is 70.6. The molecule has 0 saturated heterocycles. The number of quaternary nitrogens is 1. The Bertz CT molecular complexity index is 1390. The van der Waals surface area contributed by atoms with Crippen LogP contribution in [0.5, 0.6) is 0 Å². The highest BCUT2D eigenvalue weighted by Gasteiger charge is 2.24. The zero-order valence-corrected chi connectivity index (χ0v) is 59.3. The number of rotatable bonds is 73. The van der Waals surface area contributed by atoms with Crippen molar-refractivity contribution in [3.8, 4) is 0 Å². The topological polar surface area (TPSA) is 108 Å². The van der Waals surface area contributed by atoms with Crippen LogP contribution in [0.4, 0.5) is 0 Å². The van der Waals surface area contributed by atoms with Crippen molar-refractivity contribution in [2.45, 2.75) is 431 Å². The summed E-state index contributed by atoms with van der Waals surface area (Å²) in [7, 11) is 1.33. The van der Waals surface area contributed by atoms with E-state index in [1.807, 2.05) is 21.1 Å². The molecule has 0 radical (unpaired) electrons. The summed E-state index contributed by atoms with van der Waals surface area (Å²) in [6, 6.07) is -0.799. The number of allylic oxidation sites excluding steroid dienone is 2. The summed E-state index contributed by atoms with van der Waals surface area (Å²) in [4.78, 5) is 25.7. The number of hydrogen-bond donors (Lipinski definition) is 2. The molecule has 0 spiro atoms. The van der Waals surface area contributed by atoms with Crippen LogP contribution in [-0.2, 0) is 18.4 Å². The summed E-state index contributed by atoms with van der Waals surface area (Å²) >= 11 is 0. The van der Waals surface area contributed by atoms with E-state index >= 15 is 0 Å². The number of phosphoric ester groups is 1. The van der Waals surface area contributed by atoms with Gasteiger partial charge >= 0.3 is 0 Å². The van der Waals surface area contributed by atoms with Gasteiger partial charge in [0.15, 0.2) is 0 Å². The monoisotopic (exact) mass is 1220 g/mol. The van der Waals surface area contributed by atoms with Crippen molar-refractivity contribution in [3.63, 3.8) is 0 Å². The quantitative estimate of drug-likeness (QED) is 0.0272. The summed E-state index contributed by atoms with van der Waals surface area (Å²) in [5, 5.41) is 14.1. The second kappa shape index (κ2) is 67.6. The molecule has 0 aliphatic carbocycles. The Morgan fingerprint density at radius 2 is 0.647 bits per heavy atom. The van der Waals surface area contributed by atoms with Gasteiger partial charge in [0.25, 0.3) is 7.82 Å². The Morgan fingerprint density at radius 1 is 0.400 bits per heavy atom. The maximum absolute atomic E-state index is 13.1. The largest absolute Gasteiger partial charge is 0.756 e. The van der Waals surface area contributed by atoms with E-state index in [9.17, 15) is 19.4 Å². The van der Waals surface area contributed by atoms with E-state index in [0.29, 0.717) is 23.9 Å². The number of nitrogens with zero attached hydrogens (tertiary/aromatic N) is 1. The number of hydrogen-bond acceptors (Lipinski definition) is 6. The van der Waals surface area contributed by atoms with Crippen LogP contribution >= 0.6 is 7.82 Å². The number of nitrogens with one attached hydrogen (secondary N) is 1. The van der Waals surface area contributed by atoms with Gasteiger partial charge in [-0.3, -0.25) is 9.36 Å². The third-order valence-electron chi connectivity index (χ3n) is 18.3. The van der Waals surface area contributed by atoms with Gasteiger partial charge in [-0.25, -0.2) is 0 Å². The lowest BCUT2D eigenvalue weighted by atomic mass is 10.0. The summed E-state index contributed by atoms with van der Waals surface area (Å²) in [6.07, 6.45) is 87.5. The van der Waals surface area contributed by atoms with E-state index in [2.05, 4.69) is 31.3 Å². The highest BCUT2D eigenvalue weighted by atomic mass is 31.2. The molecule has 0 rings (SSSR count). The van der Waals surface area contributed by atoms with Crippen molar-refractivity contribution < 1.29 is 32.9 Å². The second-order valence-electron chi connectivity index (χ2n) is 28.1. The van der Waals surface area contributed by atoms with Crippen molar-refractivity contribution >= 4 is 13.7 Å². The number of carbonyl (C=O) groups excluding carboxylic acids is 1. The molecular weight excluding hydrogens is 1070 g/mol. The predicted octanol–water partition coefficient (Wildman–Crippen LogP) is 24.2. The number of carbonyl (C=O) groups is 1. The molecule has 85 heavy (non-hydrogen) atoms. The minimum Gasteiger partial charge on any atom is -0.756 e. The van der Waals surface area contributed by atoms with Crippen LogP contribution in [0.2, 0.25) is 0 Å². The van der Waals surface area contributed by atoms with Gasteiger partial charge in [0, 0.05) is 6.42 Å². The molecule has 1 amide bonds. The maximum atomic E-state index is 13.1. The molecule has 2 N–H and O–H groups in total. The molecule has 0 aliphatic rings. The lowest BCUT2D eigenvalue weighted by Gasteiger charge is -2.30. The lowest BCUT2D eigenvalue weighted by molar-refractivity contribution is -0.870. The molecule has 0 heterocycles. The minimum atomic E-state index is -4.58. The van der Waals surface area contributed by atoms with Crippen LogP contribution < -0.4 is 10.2 Å². The van der Waals surface area contributed by atoms with Gasteiger partial charge in [0.1, 0.15) is 13.2 Å². The van der Waals surface area contributed by atoms with E-state index in [-0.39, 0.29) is 19.1 Å². The van der Waals surface area contributed by atoms with Gasteiger partial charge < -0.3 is 28.8 Å². The van der Waals surface area contributed by atoms with Gasteiger partial charge in [0.05, 0.1) is 39.9 Å². The highest BCUT2D eigenvalue weighted by molar-refractivity contribution is 7.45. The molecule has 0 aromatic rings. The molecule has 3 atom stereocenters. The number of aliphatic hydroxyl groups excluding tert-OH is 1. The van der Waals surface area contributed by atoms with Crippen LogP contribution in [0.3, 0.4) is 0 Å². The molecule has 0 aliphatic heterocycles. The molecule has 8 nitrogen and oxygen atoms in total. The van der Waals surface area contributed by atoms with Crippen LogP contribution in [0.25, 0.3) is 0 Å². The lowest BCUT2D eigenvalue weighted by Crippen LogP contribution is -2.46. The summed E-state index contributed by atoms with van der Waals surface area (Å²) in [5.74, 6) is -0.153. The Hall–Kier alpha value is -0.760. The molecule has 9 heteroatoms. The van der Waals surface area contributed by atoms with Crippen LogP contribution in [-0.4, -0.2) is 68.5 Å². The fourth-order valence-electron chi connectivity index (χ4n) is 12.3. The predicted molar refractivity (Wildman–Crippen MR) is 372 cm³/mol. The Kier molecular flexibility index (Phi) is 67.0. The van der Waals surface area contributed by atoms with E-state index in [1.54, 1.807) is 0 Å². The van der Waals surface area contributed by atoms with Gasteiger partial charge in [-0.15, -0.1) is 0 Å². The van der Waals surface area contributed by atoms with E-state index in [4.69, 9.17) is 9.05 Å². The first-order valence-corrected chi connectivity index (χ1v) is 40.0. The number of likely N-dealkylation sites (N-methyl/N-ethyl adjacent to an activating group) is 1. The number of unbranched alkanes of at least 4 members (excludes halogenated alkanes) is 58. The fraction of sp³-hybridized carbons (Fsp3) is 0.961. The fourth-order valence-corrected chi connectivity index (χ4v) is 13.0. The zero-order valence-electron chi connectivity index (χ0n) is 58.4. The molecule has 0 aromatic carbocycles. The second-order valence-corrected chi connectivity index (χ2v) is 29.5. The van der Waals surface area contributed by atoms with E-state index < -0.39 is 20.0 Å². The van der Waals surface area contributed by atoms with Crippen molar-refractivity contribution in [2.24, 2.45) is 0 Å². The Balaban J connectivity index is 3.92. The Labute approximate surface area is 532 Å². The summed E-state index contributed by atoms with van der Waals surface area (Å²) < 4.78 is 23.6. The van der Waals surface area contributed by atoms with Crippen molar-refractivity contribution in [2.75, 3.05) is 40.9 Å². The van der Waals surface area contributed by atoms with E-state index in [0.717, 1.165) is 38.5 Å². The maximum Gasteiger partial charge on any atom is 0.268 e. The molecule has 0 saturated carbocycles. The van der Waals surface area contributed by atoms with Gasteiger partial charge in [0.2, 0.25) is 5.91 Å². The van der Waals surface area contributed by atoms with E-state index in [1.165, 1.54) is 353 Å². The van der Waals surface area contributed by atoms with Gasteiger partial charge in [-0.1, -0.05) is 386 Å². The molecule has 0 bridgehead atoms. The van der Waals surface area contributed by atoms with Gasteiger partial charge in [-0.05, 0) is 38.5 Å². The van der Waals surface area contributed by atoms with Crippen LogP contribution in [0, 0.1) is 0 Å². The van der Waals surface area contributed by atoms with Crippen LogP contribution in [0.15, 0.2) is 12.2 Å². The first-order valence-electron chi connectivity index (χ1n) is 38.5. The molecule has 0 fully saturated rings. The molecule has 3 unspecified atom stereocenters. The average molecular weight is 1220 g/mol. The standard InChI is InChI=1S/C76H153N2O6P/c1-6-8-10-12-14-16-18-20-22-24-26-28-30-32-34-36-37-38-39-40-41-42-44-46-48-50-52-54-56-58-60-62-64-66-68-70-76(80)77-74(73-84-85(81,82)83-72-71-78(3,4)5)75(79)69-67-65-63-61-59-57-55-53-51-49-47-45-43-35-33-31-29-27-25-23-21-19-17-15-13-11-9-7-2/h24,26,74-75,79H,6-23,25,27-73H2,1-5H3,(H-,77,80,81,82)/b26-24-. The SMILES string of the molecule is CCCCCCCCCC/C=C\CCCCCCCCCCCCCCCCCCCCCCCCCC(=O)NC(COP(=O)([O-])OCC[N+](C)(C)C)C(O)CCCCCCCCCCCCCCCCCCCCCCCCCCCCCC. The Morgan fingerprint density at radius 3 is 0.918 bits per heavy atom. The zero-order chi connectivity index (χ0) is 61.9. The minimum absolute atomic E-state index is 0.0163. The normalized spacial score (nSPS) is 13.5. The molecule has 0 aromatic heterocycles. The first-order chi connectivity index (χ1) is 41.5. The van der Waals surface area contributed by atoms with Crippen molar-refractivity contribution in [1.82, 2.24) is 5.32 Å². The molecule has 508 valence electrons. The van der Waals surface area contributed by atoms with Crippen LogP contribution in [0.1, 0.15) is 418 Å². The number of aliphatic hydroxyl groups is 1. The molecular formula is C76H153N2O6P. The summed E-state index contributed by atoms with van der Waals surface area (Å²) in [6.45, 7) is 4.80.